The first-order valence-electron chi connectivity index (χ1n) is 6.79. The van der Waals surface area contributed by atoms with Crippen LogP contribution in [-0.4, -0.2) is 20.0 Å². The molecule has 0 fully saturated rings. The lowest BCUT2D eigenvalue weighted by molar-refractivity contribution is -0.396. The fourth-order valence-electron chi connectivity index (χ4n) is 1.89. The molecule has 0 aliphatic heterocycles. The molecule has 0 saturated carbocycles. The molecule has 2 aromatic carbocycles. The molecule has 0 radical (unpaired) electrons. The lowest BCUT2D eigenvalue weighted by Crippen LogP contribution is -1.94. The number of non-ortho nitro benzene ring substituents is 1. The first-order valence-corrected chi connectivity index (χ1v) is 8.42. The SMILES string of the molecule is O=[N+]([O-])c1ccc(Sc2nnc(Nc3ccccc3)s2)c([N+](=O)[O-])c1. The van der Waals surface area contributed by atoms with Crippen LogP contribution >= 0.6 is 23.1 Å². The predicted octanol–water partition coefficient (Wildman–Crippen LogP) is 4.25. The molecule has 1 N–H and O–H groups in total. The molecule has 0 amide bonds. The third-order valence-electron chi connectivity index (χ3n) is 2.98. The van der Waals surface area contributed by atoms with Gasteiger partial charge < -0.3 is 5.32 Å². The zero-order valence-corrected chi connectivity index (χ0v) is 14.0. The summed E-state index contributed by atoms with van der Waals surface area (Å²) in [4.78, 5) is 20.9. The molecule has 1 aromatic heterocycles. The lowest BCUT2D eigenvalue weighted by atomic mass is 10.3. The van der Waals surface area contributed by atoms with Crippen LogP contribution < -0.4 is 5.32 Å². The van der Waals surface area contributed by atoms with Gasteiger partial charge in [-0.3, -0.25) is 20.2 Å². The predicted molar refractivity (Wildman–Crippen MR) is 93.5 cm³/mol. The minimum absolute atomic E-state index is 0.262. The van der Waals surface area contributed by atoms with Crippen LogP contribution in [0.5, 0.6) is 0 Å². The molecule has 0 spiro atoms. The van der Waals surface area contributed by atoms with Gasteiger partial charge in [0.2, 0.25) is 5.13 Å². The van der Waals surface area contributed by atoms with Gasteiger partial charge in [-0.1, -0.05) is 29.5 Å². The van der Waals surface area contributed by atoms with Crippen LogP contribution in [0.1, 0.15) is 0 Å². The van der Waals surface area contributed by atoms with Gasteiger partial charge >= 0.3 is 0 Å². The number of benzene rings is 2. The van der Waals surface area contributed by atoms with E-state index >= 15 is 0 Å². The second kappa shape index (κ2) is 7.23. The number of hydrogen-bond acceptors (Lipinski definition) is 9. The van der Waals surface area contributed by atoms with Crippen LogP contribution in [0, 0.1) is 20.2 Å². The summed E-state index contributed by atoms with van der Waals surface area (Å²) in [5.41, 5.74) is 0.170. The Morgan fingerprint density at radius 3 is 2.44 bits per heavy atom. The second-order valence-electron chi connectivity index (χ2n) is 4.63. The van der Waals surface area contributed by atoms with Gasteiger partial charge in [-0.15, -0.1) is 10.2 Å². The largest absolute Gasteiger partial charge is 0.330 e. The van der Waals surface area contributed by atoms with Crippen molar-refractivity contribution in [2.24, 2.45) is 0 Å². The molecule has 0 bridgehead atoms. The first kappa shape index (κ1) is 16.8. The molecule has 0 saturated heterocycles. The number of rotatable bonds is 6. The van der Waals surface area contributed by atoms with E-state index in [1.165, 1.54) is 23.5 Å². The Morgan fingerprint density at radius 1 is 1.00 bits per heavy atom. The molecule has 3 aromatic rings. The Bertz CT molecular complexity index is 932. The highest BCUT2D eigenvalue weighted by Crippen LogP contribution is 2.39. The van der Waals surface area contributed by atoms with Crippen LogP contribution in [0.25, 0.3) is 0 Å². The van der Waals surface area contributed by atoms with Crippen molar-refractivity contribution in [1.82, 2.24) is 10.2 Å². The average molecular weight is 375 g/mol. The number of nitro benzene ring substituents is 2. The van der Waals surface area contributed by atoms with E-state index in [4.69, 9.17) is 0 Å². The van der Waals surface area contributed by atoms with Crippen LogP contribution in [0.3, 0.4) is 0 Å². The summed E-state index contributed by atoms with van der Waals surface area (Å²) in [5, 5.41) is 33.5. The van der Waals surface area contributed by atoms with Gasteiger partial charge in [0.25, 0.3) is 11.4 Å². The van der Waals surface area contributed by atoms with Gasteiger partial charge in [0.1, 0.15) is 0 Å². The molecular weight excluding hydrogens is 366 g/mol. The number of para-hydroxylation sites is 1. The molecular formula is C14H9N5O4S2. The molecule has 25 heavy (non-hydrogen) atoms. The van der Waals surface area contributed by atoms with Crippen molar-refractivity contribution < 1.29 is 9.85 Å². The molecule has 3 rings (SSSR count). The summed E-state index contributed by atoms with van der Waals surface area (Å²) in [6.07, 6.45) is 0. The first-order chi connectivity index (χ1) is 12.0. The van der Waals surface area contributed by atoms with Crippen molar-refractivity contribution in [3.63, 3.8) is 0 Å². The normalized spacial score (nSPS) is 10.4. The molecule has 0 aliphatic carbocycles. The Morgan fingerprint density at radius 2 is 1.76 bits per heavy atom. The Hall–Kier alpha value is -3.05. The van der Waals surface area contributed by atoms with Gasteiger partial charge in [0.05, 0.1) is 20.8 Å². The zero-order valence-electron chi connectivity index (χ0n) is 12.4. The van der Waals surface area contributed by atoms with Crippen LogP contribution in [0.15, 0.2) is 57.8 Å². The minimum Gasteiger partial charge on any atom is -0.330 e. The average Bonchev–Trinajstić information content (AvgIpc) is 3.02. The van der Waals surface area contributed by atoms with Crippen LogP contribution in [0.2, 0.25) is 0 Å². The third-order valence-corrected chi connectivity index (χ3v) is 4.93. The fraction of sp³-hybridized carbons (Fsp3) is 0. The van der Waals surface area contributed by atoms with E-state index in [1.54, 1.807) is 0 Å². The molecule has 9 nitrogen and oxygen atoms in total. The number of nitrogens with zero attached hydrogens (tertiary/aromatic N) is 4. The highest BCUT2D eigenvalue weighted by molar-refractivity contribution is 8.01. The van der Waals surface area contributed by atoms with E-state index < -0.39 is 9.85 Å². The van der Waals surface area contributed by atoms with Gasteiger partial charge in [-0.2, -0.15) is 0 Å². The standard InChI is InChI=1S/C14H9N5O4S2/c20-18(21)10-6-7-12(11(8-10)19(22)23)24-14-17-16-13(25-14)15-9-4-2-1-3-5-9/h1-8H,(H,15,16). The summed E-state index contributed by atoms with van der Waals surface area (Å²) in [6, 6.07) is 12.9. The van der Waals surface area contributed by atoms with Crippen molar-refractivity contribution in [3.8, 4) is 0 Å². The Balaban J connectivity index is 1.81. The highest BCUT2D eigenvalue weighted by Gasteiger charge is 2.21. The number of anilines is 2. The topological polar surface area (TPSA) is 124 Å². The van der Waals surface area contributed by atoms with E-state index in [0.29, 0.717) is 9.47 Å². The van der Waals surface area contributed by atoms with Crippen LogP contribution in [0.4, 0.5) is 22.2 Å². The molecule has 0 atom stereocenters. The lowest BCUT2D eigenvalue weighted by Gasteiger charge is -2.00. The maximum absolute atomic E-state index is 11.2. The van der Waals surface area contributed by atoms with E-state index in [1.807, 2.05) is 30.3 Å². The van der Waals surface area contributed by atoms with E-state index in [0.717, 1.165) is 23.5 Å². The smallest absolute Gasteiger partial charge is 0.290 e. The third kappa shape index (κ3) is 4.08. The van der Waals surface area contributed by atoms with E-state index in [-0.39, 0.29) is 16.3 Å². The summed E-state index contributed by atoms with van der Waals surface area (Å²) in [6.45, 7) is 0. The molecule has 126 valence electrons. The summed E-state index contributed by atoms with van der Waals surface area (Å²) < 4.78 is 0.482. The van der Waals surface area contributed by atoms with Gasteiger partial charge in [0.15, 0.2) is 4.34 Å². The summed E-state index contributed by atoms with van der Waals surface area (Å²) in [7, 11) is 0. The highest BCUT2D eigenvalue weighted by atomic mass is 32.2. The Kier molecular flexibility index (Phi) is 4.86. The number of nitrogens with one attached hydrogen (secondary N) is 1. The summed E-state index contributed by atoms with van der Waals surface area (Å²) >= 11 is 2.26. The van der Waals surface area contributed by atoms with Crippen molar-refractivity contribution in [2.45, 2.75) is 9.24 Å². The summed E-state index contributed by atoms with van der Waals surface area (Å²) in [5.74, 6) is 0. The van der Waals surface area contributed by atoms with Gasteiger partial charge in [-0.25, -0.2) is 0 Å². The molecule has 1 heterocycles. The molecule has 11 heteroatoms. The van der Waals surface area contributed by atoms with E-state index in [2.05, 4.69) is 15.5 Å². The van der Waals surface area contributed by atoms with Crippen LogP contribution in [-0.2, 0) is 0 Å². The number of nitro groups is 2. The maximum Gasteiger partial charge on any atom is 0.290 e. The molecule has 0 aliphatic rings. The number of hydrogen-bond donors (Lipinski definition) is 1. The Labute approximate surface area is 149 Å². The van der Waals surface area contributed by atoms with Gasteiger partial charge in [-0.05, 0) is 30.0 Å². The number of aromatic nitrogens is 2. The quantitative estimate of drug-likeness (QED) is 0.501. The fourth-order valence-corrected chi connectivity index (χ4v) is 3.70. The van der Waals surface area contributed by atoms with Crippen molar-refractivity contribution in [1.29, 1.82) is 0 Å². The van der Waals surface area contributed by atoms with Gasteiger partial charge in [0, 0.05) is 11.8 Å². The maximum atomic E-state index is 11.2. The monoisotopic (exact) mass is 375 g/mol. The zero-order chi connectivity index (χ0) is 17.8. The molecule has 0 unspecified atom stereocenters. The van der Waals surface area contributed by atoms with Crippen molar-refractivity contribution in [2.75, 3.05) is 5.32 Å². The second-order valence-corrected chi connectivity index (χ2v) is 6.90. The van der Waals surface area contributed by atoms with E-state index in [9.17, 15) is 20.2 Å². The minimum atomic E-state index is -0.672. The van der Waals surface area contributed by atoms with Crippen molar-refractivity contribution >= 4 is 45.3 Å². The van der Waals surface area contributed by atoms with Crippen molar-refractivity contribution in [3.05, 3.63) is 68.8 Å².